The van der Waals surface area contributed by atoms with Crippen LogP contribution >= 0.6 is 0 Å². The number of carbonyl (C=O) groups excluding carboxylic acids is 1. The van der Waals surface area contributed by atoms with Crippen LogP contribution in [0, 0.1) is 0 Å². The summed E-state index contributed by atoms with van der Waals surface area (Å²) < 4.78 is 196. The number of quaternary nitrogens is 1. The van der Waals surface area contributed by atoms with E-state index in [1.165, 1.54) is 4.74 Å². The molecule has 0 radical (unpaired) electrons. The average Bonchev–Trinajstić information content (AvgIpc) is 2.54. The van der Waals surface area contributed by atoms with Crippen molar-refractivity contribution in [2.75, 3.05) is 34.2 Å². The zero-order valence-electron chi connectivity index (χ0n) is 16.6. The summed E-state index contributed by atoms with van der Waals surface area (Å²) in [6.45, 7) is -0.813. The number of nitrogens with one attached hydrogen (secondary N) is 1. The number of halogens is 15. The molecular formula is C14H16F15N2O2+. The van der Waals surface area contributed by atoms with Gasteiger partial charge < -0.3 is 9.80 Å². The maximum atomic E-state index is 13.6. The molecule has 0 aromatic carbocycles. The van der Waals surface area contributed by atoms with Crippen molar-refractivity contribution in [3.8, 4) is 0 Å². The van der Waals surface area contributed by atoms with Gasteiger partial charge in [-0.3, -0.25) is 9.53 Å². The Hall–Kier alpha value is -1.66. The molecule has 0 fully saturated rings. The minimum absolute atomic E-state index is 0.0811. The van der Waals surface area contributed by atoms with Crippen LogP contribution in [0.15, 0.2) is 0 Å². The Bertz CT molecular complexity index is 680. The van der Waals surface area contributed by atoms with E-state index in [-0.39, 0.29) is 17.4 Å². The maximum Gasteiger partial charge on any atom is 0.458 e. The lowest BCUT2D eigenvalue weighted by atomic mass is 10.0. The SMILES string of the molecule is C[N+](C)(C)CCCNC(=O)C(F)(F)C(F)(F)C(F)(F)C(F)(F)OC(F)(C(F)(F)F)C(F)(F)F. The average molecular weight is 529 g/mol. The van der Waals surface area contributed by atoms with Gasteiger partial charge in [0, 0.05) is 13.0 Å². The van der Waals surface area contributed by atoms with Crippen LogP contribution in [-0.4, -0.2) is 86.7 Å². The predicted molar refractivity (Wildman–Crippen MR) is 77.3 cm³/mol. The molecule has 0 saturated carbocycles. The minimum atomic E-state index is -7.96. The van der Waals surface area contributed by atoms with Crippen LogP contribution in [0.1, 0.15) is 6.42 Å². The van der Waals surface area contributed by atoms with Crippen LogP contribution in [0.4, 0.5) is 65.9 Å². The largest absolute Gasteiger partial charge is 0.458 e. The Morgan fingerprint density at radius 3 is 1.45 bits per heavy atom. The summed E-state index contributed by atoms with van der Waals surface area (Å²) in [5.74, 6) is -33.4. The van der Waals surface area contributed by atoms with Crippen molar-refractivity contribution in [2.24, 2.45) is 0 Å². The molecule has 1 amide bonds. The van der Waals surface area contributed by atoms with Crippen molar-refractivity contribution < 1.29 is 79.9 Å². The molecule has 0 atom stereocenters. The smallest absolute Gasteiger partial charge is 0.350 e. The van der Waals surface area contributed by atoms with Crippen molar-refractivity contribution in [3.63, 3.8) is 0 Å². The molecule has 0 bridgehead atoms. The first-order valence-electron chi connectivity index (χ1n) is 8.21. The zero-order chi connectivity index (χ0) is 27.1. The second kappa shape index (κ2) is 8.84. The predicted octanol–water partition coefficient (Wildman–Crippen LogP) is 4.50. The number of alkyl halides is 15. The number of amides is 1. The highest BCUT2D eigenvalue weighted by Crippen LogP contribution is 2.57. The summed E-state index contributed by atoms with van der Waals surface area (Å²) in [6.07, 6.45) is -23.3. The lowest BCUT2D eigenvalue weighted by molar-refractivity contribution is -0.870. The summed E-state index contributed by atoms with van der Waals surface area (Å²) in [5, 5.41) is 0.990. The second-order valence-electron chi connectivity index (χ2n) is 7.56. The molecule has 33 heavy (non-hydrogen) atoms. The number of hydrogen-bond donors (Lipinski definition) is 1. The summed E-state index contributed by atoms with van der Waals surface area (Å²) in [5.41, 5.74) is 0. The third-order valence-corrected chi connectivity index (χ3v) is 3.73. The molecule has 0 spiro atoms. The topological polar surface area (TPSA) is 38.3 Å². The van der Waals surface area contributed by atoms with Gasteiger partial charge in [-0.2, -0.15) is 65.9 Å². The van der Waals surface area contributed by atoms with Gasteiger partial charge in [0.25, 0.3) is 5.91 Å². The van der Waals surface area contributed by atoms with Crippen molar-refractivity contribution in [1.29, 1.82) is 0 Å². The molecule has 1 N–H and O–H groups in total. The van der Waals surface area contributed by atoms with E-state index in [1.807, 2.05) is 0 Å². The standard InChI is InChI=1S/C14H15F15N2O2/c1-31(2,3)6-4-5-30-7(32)8(15,16)9(17,18)10(19,20)14(28,29)33-11(21,12(22,23)24)13(25,26)27/h4-6H2,1-3H3/p+1. The Morgan fingerprint density at radius 1 is 0.727 bits per heavy atom. The highest BCUT2D eigenvalue weighted by atomic mass is 19.4. The Morgan fingerprint density at radius 2 is 1.12 bits per heavy atom. The number of rotatable bonds is 10. The molecule has 0 unspecified atom stereocenters. The van der Waals surface area contributed by atoms with Crippen LogP contribution in [0.5, 0.6) is 0 Å². The molecule has 4 nitrogen and oxygen atoms in total. The lowest BCUT2D eigenvalue weighted by Crippen LogP contribution is -2.69. The van der Waals surface area contributed by atoms with Gasteiger partial charge >= 0.3 is 42.1 Å². The molecule has 19 heteroatoms. The van der Waals surface area contributed by atoms with E-state index in [4.69, 9.17) is 0 Å². The van der Waals surface area contributed by atoms with Crippen molar-refractivity contribution in [1.82, 2.24) is 5.32 Å². The highest BCUT2D eigenvalue weighted by molar-refractivity contribution is 5.84. The van der Waals surface area contributed by atoms with Crippen LogP contribution in [0.25, 0.3) is 0 Å². The van der Waals surface area contributed by atoms with Crippen LogP contribution < -0.4 is 5.32 Å². The van der Waals surface area contributed by atoms with Gasteiger partial charge in [0.05, 0.1) is 27.7 Å². The van der Waals surface area contributed by atoms with Crippen molar-refractivity contribution in [3.05, 3.63) is 0 Å². The monoisotopic (exact) mass is 529 g/mol. The van der Waals surface area contributed by atoms with E-state index in [9.17, 15) is 70.7 Å². The fourth-order valence-electron chi connectivity index (χ4n) is 1.91. The number of hydrogen-bond acceptors (Lipinski definition) is 2. The van der Waals surface area contributed by atoms with E-state index in [2.05, 4.69) is 0 Å². The first-order chi connectivity index (χ1) is 14.1. The fourth-order valence-corrected chi connectivity index (χ4v) is 1.91. The van der Waals surface area contributed by atoms with E-state index in [1.54, 1.807) is 21.1 Å². The first-order valence-corrected chi connectivity index (χ1v) is 8.21. The third-order valence-electron chi connectivity index (χ3n) is 3.73. The number of ether oxygens (including phenoxy) is 1. The minimum Gasteiger partial charge on any atom is -0.350 e. The molecular weight excluding hydrogens is 513 g/mol. The van der Waals surface area contributed by atoms with Crippen LogP contribution in [0.3, 0.4) is 0 Å². The molecule has 198 valence electrons. The zero-order valence-corrected chi connectivity index (χ0v) is 16.6. The molecule has 0 aliphatic heterocycles. The van der Waals surface area contributed by atoms with Crippen LogP contribution in [-0.2, 0) is 9.53 Å². The van der Waals surface area contributed by atoms with E-state index >= 15 is 0 Å². The summed E-state index contributed by atoms with van der Waals surface area (Å²) in [6, 6.07) is 0. The molecule has 0 aromatic heterocycles. The van der Waals surface area contributed by atoms with Crippen LogP contribution in [0.2, 0.25) is 0 Å². The molecule has 0 heterocycles. The summed E-state index contributed by atoms with van der Waals surface area (Å²) >= 11 is 0. The van der Waals surface area contributed by atoms with Gasteiger partial charge in [-0.05, 0) is 0 Å². The molecule has 0 aliphatic rings. The van der Waals surface area contributed by atoms with Crippen molar-refractivity contribution >= 4 is 5.91 Å². The summed E-state index contributed by atoms with van der Waals surface area (Å²) in [4.78, 5) is 11.2. The maximum absolute atomic E-state index is 13.6. The number of nitrogens with zero attached hydrogens (tertiary/aromatic N) is 1. The first kappa shape index (κ1) is 31.3. The quantitative estimate of drug-likeness (QED) is 0.257. The Kier molecular flexibility index (Phi) is 8.40. The normalized spacial score (nSPS) is 15.6. The van der Waals surface area contributed by atoms with E-state index in [0.717, 1.165) is 5.32 Å². The van der Waals surface area contributed by atoms with E-state index in [0.29, 0.717) is 0 Å². The van der Waals surface area contributed by atoms with Crippen molar-refractivity contribution in [2.45, 2.75) is 48.5 Å². The van der Waals surface area contributed by atoms with Gasteiger partial charge in [0.1, 0.15) is 0 Å². The third kappa shape index (κ3) is 6.07. The molecule has 0 aromatic rings. The van der Waals surface area contributed by atoms with Gasteiger partial charge in [-0.1, -0.05) is 0 Å². The molecule has 0 rings (SSSR count). The Labute approximate surface area is 175 Å². The highest BCUT2D eigenvalue weighted by Gasteiger charge is 2.87. The van der Waals surface area contributed by atoms with Gasteiger partial charge in [-0.25, -0.2) is 0 Å². The molecule has 0 saturated heterocycles. The Balaban J connectivity index is 6.00. The van der Waals surface area contributed by atoms with Gasteiger partial charge in [0.15, 0.2) is 0 Å². The molecule has 0 aliphatic carbocycles. The lowest BCUT2D eigenvalue weighted by Gasteiger charge is -2.39. The fraction of sp³-hybridized carbons (Fsp3) is 0.929. The van der Waals surface area contributed by atoms with E-state index < -0.39 is 54.5 Å². The van der Waals surface area contributed by atoms with Gasteiger partial charge in [-0.15, -0.1) is 0 Å². The van der Waals surface area contributed by atoms with Gasteiger partial charge in [0.2, 0.25) is 0 Å². The second-order valence-corrected chi connectivity index (χ2v) is 7.56. The summed E-state index contributed by atoms with van der Waals surface area (Å²) in [7, 11) is 4.63. The number of carbonyl (C=O) groups is 1.